The van der Waals surface area contributed by atoms with Gasteiger partial charge in [-0.2, -0.15) is 4.39 Å². The van der Waals surface area contributed by atoms with Crippen molar-refractivity contribution in [1.82, 2.24) is 4.98 Å². The van der Waals surface area contributed by atoms with E-state index >= 15 is 0 Å². The van der Waals surface area contributed by atoms with E-state index in [0.717, 1.165) is 11.3 Å². The zero-order valence-corrected chi connectivity index (χ0v) is 9.70. The molecular weight excluding hydrogens is 219 g/mol. The summed E-state index contributed by atoms with van der Waals surface area (Å²) in [6, 6.07) is 10.3. The van der Waals surface area contributed by atoms with Crippen LogP contribution < -0.4 is 10.1 Å². The third-order valence-corrected chi connectivity index (χ3v) is 2.33. The van der Waals surface area contributed by atoms with E-state index in [0.29, 0.717) is 11.6 Å². The highest BCUT2D eigenvalue weighted by atomic mass is 19.1. The van der Waals surface area contributed by atoms with E-state index < -0.39 is 5.95 Å². The smallest absolute Gasteiger partial charge is 0.214 e. The van der Waals surface area contributed by atoms with E-state index in [4.69, 9.17) is 4.74 Å². The molecule has 0 spiro atoms. The topological polar surface area (TPSA) is 34.1 Å². The monoisotopic (exact) mass is 232 g/mol. The van der Waals surface area contributed by atoms with Crippen LogP contribution in [0, 0.1) is 12.9 Å². The normalized spacial score (nSPS) is 10.1. The largest absolute Gasteiger partial charge is 0.495 e. The molecule has 0 aliphatic carbocycles. The first-order valence-corrected chi connectivity index (χ1v) is 5.23. The lowest BCUT2D eigenvalue weighted by Gasteiger charge is -2.11. The first-order chi connectivity index (χ1) is 8.19. The van der Waals surface area contributed by atoms with Gasteiger partial charge in [0.05, 0.1) is 12.8 Å². The highest BCUT2D eigenvalue weighted by Crippen LogP contribution is 2.27. The Morgan fingerprint density at radius 1 is 1.24 bits per heavy atom. The number of anilines is 2. The molecule has 0 aliphatic rings. The van der Waals surface area contributed by atoms with Crippen molar-refractivity contribution in [3.63, 3.8) is 0 Å². The van der Waals surface area contributed by atoms with E-state index in [9.17, 15) is 4.39 Å². The van der Waals surface area contributed by atoms with Gasteiger partial charge in [0.25, 0.3) is 0 Å². The molecule has 88 valence electrons. The summed E-state index contributed by atoms with van der Waals surface area (Å²) in [5.74, 6) is 0.636. The van der Waals surface area contributed by atoms with Gasteiger partial charge in [-0.15, -0.1) is 0 Å². The Morgan fingerprint density at radius 3 is 2.76 bits per heavy atom. The van der Waals surface area contributed by atoms with Crippen LogP contribution in [0.4, 0.5) is 15.9 Å². The van der Waals surface area contributed by atoms with Crippen molar-refractivity contribution in [3.8, 4) is 5.75 Å². The summed E-state index contributed by atoms with van der Waals surface area (Å²) >= 11 is 0. The molecule has 1 aromatic carbocycles. The lowest BCUT2D eigenvalue weighted by atomic mass is 10.2. The van der Waals surface area contributed by atoms with Gasteiger partial charge < -0.3 is 10.1 Å². The maximum atomic E-state index is 12.9. The summed E-state index contributed by atoms with van der Waals surface area (Å²) < 4.78 is 18.2. The summed E-state index contributed by atoms with van der Waals surface area (Å²) in [4.78, 5) is 3.74. The summed E-state index contributed by atoms with van der Waals surface area (Å²) in [5.41, 5.74) is 1.86. The summed E-state index contributed by atoms with van der Waals surface area (Å²) in [5, 5.41) is 3.03. The Hall–Kier alpha value is -2.10. The third-order valence-electron chi connectivity index (χ3n) is 2.33. The quantitative estimate of drug-likeness (QED) is 0.824. The Labute approximate surface area is 99.3 Å². The molecule has 0 atom stereocenters. The lowest BCUT2D eigenvalue weighted by Crippen LogP contribution is -1.98. The number of hydrogen-bond acceptors (Lipinski definition) is 3. The van der Waals surface area contributed by atoms with Gasteiger partial charge in [-0.25, -0.2) is 4.98 Å². The minimum atomic E-state index is -0.512. The predicted molar refractivity (Wildman–Crippen MR) is 65.2 cm³/mol. The van der Waals surface area contributed by atoms with Crippen LogP contribution in [-0.2, 0) is 0 Å². The van der Waals surface area contributed by atoms with E-state index in [1.807, 2.05) is 25.1 Å². The number of methoxy groups -OCH3 is 1. The van der Waals surface area contributed by atoms with Gasteiger partial charge >= 0.3 is 0 Å². The Morgan fingerprint density at radius 2 is 2.06 bits per heavy atom. The molecule has 4 heteroatoms. The van der Waals surface area contributed by atoms with Gasteiger partial charge in [0.15, 0.2) is 0 Å². The molecule has 0 saturated carbocycles. The van der Waals surface area contributed by atoms with Crippen molar-refractivity contribution in [3.05, 3.63) is 47.9 Å². The second-order valence-electron chi connectivity index (χ2n) is 3.67. The molecule has 0 fully saturated rings. The minimum Gasteiger partial charge on any atom is -0.495 e. The molecule has 2 rings (SSSR count). The predicted octanol–water partition coefficient (Wildman–Crippen LogP) is 3.28. The molecule has 0 radical (unpaired) electrons. The maximum absolute atomic E-state index is 12.9. The third kappa shape index (κ3) is 2.72. The van der Waals surface area contributed by atoms with Crippen LogP contribution in [0.3, 0.4) is 0 Å². The number of halogens is 1. The summed E-state index contributed by atoms with van der Waals surface area (Å²) in [6.07, 6.45) is 0. The van der Waals surface area contributed by atoms with E-state index in [-0.39, 0.29) is 0 Å². The second kappa shape index (κ2) is 4.82. The number of nitrogens with one attached hydrogen (secondary N) is 1. The van der Waals surface area contributed by atoms with Gasteiger partial charge in [0.2, 0.25) is 5.95 Å². The van der Waals surface area contributed by atoms with Crippen molar-refractivity contribution >= 4 is 11.5 Å². The fourth-order valence-electron chi connectivity index (χ4n) is 1.54. The van der Waals surface area contributed by atoms with Gasteiger partial charge in [-0.05, 0) is 36.8 Å². The van der Waals surface area contributed by atoms with Gasteiger partial charge in [0, 0.05) is 0 Å². The fourth-order valence-corrected chi connectivity index (χ4v) is 1.54. The van der Waals surface area contributed by atoms with Crippen molar-refractivity contribution in [2.45, 2.75) is 6.92 Å². The van der Waals surface area contributed by atoms with Crippen LogP contribution in [0.5, 0.6) is 5.75 Å². The molecular formula is C13H13FN2O. The van der Waals surface area contributed by atoms with Crippen LogP contribution in [0.15, 0.2) is 36.4 Å². The van der Waals surface area contributed by atoms with Crippen molar-refractivity contribution in [2.24, 2.45) is 0 Å². The van der Waals surface area contributed by atoms with E-state index in [2.05, 4.69) is 10.3 Å². The molecule has 1 heterocycles. The molecule has 0 amide bonds. The van der Waals surface area contributed by atoms with Crippen molar-refractivity contribution in [1.29, 1.82) is 0 Å². The molecule has 17 heavy (non-hydrogen) atoms. The zero-order valence-electron chi connectivity index (χ0n) is 9.70. The maximum Gasteiger partial charge on any atom is 0.214 e. The molecule has 0 saturated heterocycles. The van der Waals surface area contributed by atoms with Gasteiger partial charge in [-0.3, -0.25) is 0 Å². The number of benzene rings is 1. The van der Waals surface area contributed by atoms with Gasteiger partial charge in [0.1, 0.15) is 11.6 Å². The first-order valence-electron chi connectivity index (χ1n) is 5.23. The molecule has 1 N–H and O–H groups in total. The SMILES string of the molecule is COc1ccc(C)cc1Nc1cccc(F)n1. The molecule has 0 bridgehead atoms. The van der Waals surface area contributed by atoms with Crippen LogP contribution in [-0.4, -0.2) is 12.1 Å². The number of hydrogen-bond donors (Lipinski definition) is 1. The van der Waals surface area contributed by atoms with E-state index in [1.54, 1.807) is 19.2 Å². The Kier molecular flexibility index (Phi) is 3.23. The molecule has 2 aromatic rings. The molecule has 3 nitrogen and oxygen atoms in total. The highest BCUT2D eigenvalue weighted by molar-refractivity contribution is 5.64. The van der Waals surface area contributed by atoms with Crippen molar-refractivity contribution < 1.29 is 9.13 Å². The van der Waals surface area contributed by atoms with Gasteiger partial charge in [-0.1, -0.05) is 12.1 Å². The number of aryl methyl sites for hydroxylation is 1. The standard InChI is InChI=1S/C13H13FN2O/c1-9-6-7-11(17-2)10(8-9)15-13-5-3-4-12(14)16-13/h3-8H,1-2H3,(H,15,16). The summed E-state index contributed by atoms with van der Waals surface area (Å²) in [7, 11) is 1.59. The zero-order chi connectivity index (χ0) is 12.3. The van der Waals surface area contributed by atoms with Crippen LogP contribution in [0.25, 0.3) is 0 Å². The molecule has 0 aliphatic heterocycles. The Bertz CT molecular complexity index is 529. The number of aromatic nitrogens is 1. The Balaban J connectivity index is 2.32. The van der Waals surface area contributed by atoms with Crippen LogP contribution in [0.1, 0.15) is 5.56 Å². The lowest BCUT2D eigenvalue weighted by molar-refractivity contribution is 0.416. The van der Waals surface area contributed by atoms with Crippen LogP contribution in [0.2, 0.25) is 0 Å². The minimum absolute atomic E-state index is 0.453. The summed E-state index contributed by atoms with van der Waals surface area (Å²) in [6.45, 7) is 1.98. The second-order valence-corrected chi connectivity index (χ2v) is 3.67. The molecule has 0 unspecified atom stereocenters. The first kappa shape index (κ1) is 11.4. The van der Waals surface area contributed by atoms with Crippen LogP contribution >= 0.6 is 0 Å². The average molecular weight is 232 g/mol. The van der Waals surface area contributed by atoms with Crippen molar-refractivity contribution in [2.75, 3.05) is 12.4 Å². The fraction of sp³-hybridized carbons (Fsp3) is 0.154. The number of nitrogens with zero attached hydrogens (tertiary/aromatic N) is 1. The number of ether oxygens (including phenoxy) is 1. The number of pyridine rings is 1. The average Bonchev–Trinajstić information content (AvgIpc) is 2.29. The van der Waals surface area contributed by atoms with E-state index in [1.165, 1.54) is 6.07 Å². The highest BCUT2D eigenvalue weighted by Gasteiger charge is 2.04. The molecule has 1 aromatic heterocycles. The number of rotatable bonds is 3.